The van der Waals surface area contributed by atoms with Crippen LogP contribution in [0.25, 0.3) is 0 Å². The van der Waals surface area contributed by atoms with Crippen molar-refractivity contribution < 1.29 is 18.8 Å². The van der Waals surface area contributed by atoms with Crippen molar-refractivity contribution >= 4 is 17.8 Å². The molecular formula is C22H18FN3O4. The van der Waals surface area contributed by atoms with Crippen LogP contribution >= 0.6 is 0 Å². The molecule has 3 aromatic rings. The highest BCUT2D eigenvalue weighted by molar-refractivity contribution is 5.97. The number of hydrogen-bond donors (Lipinski definition) is 1. The van der Waals surface area contributed by atoms with E-state index in [0.29, 0.717) is 12.4 Å². The number of rotatable bonds is 7. The van der Waals surface area contributed by atoms with E-state index in [-0.39, 0.29) is 22.6 Å². The Morgan fingerprint density at radius 1 is 1.13 bits per heavy atom. The largest absolute Gasteiger partial charge is 0.489 e. The summed E-state index contributed by atoms with van der Waals surface area (Å²) in [5.74, 6) is -0.199. The van der Waals surface area contributed by atoms with Crippen molar-refractivity contribution in [2.75, 3.05) is 0 Å². The lowest BCUT2D eigenvalue weighted by Gasteiger charge is -2.06. The summed E-state index contributed by atoms with van der Waals surface area (Å²) in [5.41, 5.74) is 4.28. The molecule has 0 spiro atoms. The first-order chi connectivity index (χ1) is 14.4. The van der Waals surface area contributed by atoms with E-state index >= 15 is 0 Å². The molecular weight excluding hydrogens is 389 g/mol. The highest BCUT2D eigenvalue weighted by Gasteiger charge is 2.17. The van der Waals surface area contributed by atoms with Gasteiger partial charge in [-0.1, -0.05) is 18.2 Å². The standard InChI is InChI=1S/C22H18FN3O4/c1-15-20(3-2-4-21(15)26(28)29)22(27)25-24-13-16-7-11-19(12-8-16)30-14-17-5-9-18(23)10-6-17/h2-13H,14H2,1H3,(H,25,27). The second-order valence-electron chi connectivity index (χ2n) is 6.39. The number of carbonyl (C=O) groups is 1. The summed E-state index contributed by atoms with van der Waals surface area (Å²) in [6.07, 6.45) is 1.45. The minimum Gasteiger partial charge on any atom is -0.489 e. The fourth-order valence-corrected chi connectivity index (χ4v) is 2.69. The molecule has 0 aliphatic heterocycles. The highest BCUT2D eigenvalue weighted by atomic mass is 19.1. The molecule has 30 heavy (non-hydrogen) atoms. The summed E-state index contributed by atoms with van der Waals surface area (Å²) in [5, 5.41) is 14.9. The van der Waals surface area contributed by atoms with Crippen LogP contribution in [0.1, 0.15) is 27.0 Å². The molecule has 0 aliphatic carbocycles. The molecule has 0 saturated carbocycles. The van der Waals surface area contributed by atoms with Crippen molar-refractivity contribution in [1.82, 2.24) is 5.43 Å². The van der Waals surface area contributed by atoms with E-state index in [0.717, 1.165) is 11.1 Å². The normalized spacial score (nSPS) is 10.7. The number of halogens is 1. The summed E-state index contributed by atoms with van der Waals surface area (Å²) < 4.78 is 18.5. The molecule has 0 saturated heterocycles. The molecule has 3 aromatic carbocycles. The number of hydrogen-bond acceptors (Lipinski definition) is 5. The van der Waals surface area contributed by atoms with Crippen molar-refractivity contribution in [2.24, 2.45) is 5.10 Å². The molecule has 3 rings (SSSR count). The van der Waals surface area contributed by atoms with Gasteiger partial charge in [-0.25, -0.2) is 9.82 Å². The summed E-state index contributed by atoms with van der Waals surface area (Å²) in [6, 6.07) is 17.4. The van der Waals surface area contributed by atoms with E-state index < -0.39 is 10.8 Å². The van der Waals surface area contributed by atoms with E-state index in [9.17, 15) is 19.3 Å². The molecule has 1 amide bonds. The second-order valence-corrected chi connectivity index (χ2v) is 6.39. The summed E-state index contributed by atoms with van der Waals surface area (Å²) in [7, 11) is 0. The quantitative estimate of drug-likeness (QED) is 0.357. The molecule has 0 aliphatic rings. The molecule has 0 aromatic heterocycles. The van der Waals surface area contributed by atoms with E-state index in [1.165, 1.54) is 43.5 Å². The lowest BCUT2D eigenvalue weighted by Crippen LogP contribution is -2.19. The maximum Gasteiger partial charge on any atom is 0.273 e. The van der Waals surface area contributed by atoms with Crippen LogP contribution in [0.5, 0.6) is 5.75 Å². The summed E-state index contributed by atoms with van der Waals surface area (Å²) >= 11 is 0. The van der Waals surface area contributed by atoms with Crippen LogP contribution in [-0.2, 0) is 6.61 Å². The van der Waals surface area contributed by atoms with E-state index in [4.69, 9.17) is 4.74 Å². The lowest BCUT2D eigenvalue weighted by atomic mass is 10.1. The van der Waals surface area contributed by atoms with E-state index in [1.807, 2.05) is 0 Å². The van der Waals surface area contributed by atoms with Gasteiger partial charge in [0.15, 0.2) is 0 Å². The van der Waals surface area contributed by atoms with Crippen molar-refractivity contribution in [3.8, 4) is 5.75 Å². The van der Waals surface area contributed by atoms with Gasteiger partial charge >= 0.3 is 0 Å². The van der Waals surface area contributed by atoms with Crippen LogP contribution < -0.4 is 10.2 Å². The first kappa shape index (κ1) is 20.7. The molecule has 152 valence electrons. The Balaban J connectivity index is 1.56. The first-order valence-corrected chi connectivity index (χ1v) is 8.99. The van der Waals surface area contributed by atoms with Crippen molar-refractivity contribution in [1.29, 1.82) is 0 Å². The van der Waals surface area contributed by atoms with Crippen molar-refractivity contribution in [3.63, 3.8) is 0 Å². The molecule has 0 bridgehead atoms. The first-order valence-electron chi connectivity index (χ1n) is 8.99. The van der Waals surface area contributed by atoms with Gasteiger partial charge in [-0.2, -0.15) is 5.10 Å². The van der Waals surface area contributed by atoms with Gasteiger partial charge in [-0.3, -0.25) is 14.9 Å². The van der Waals surface area contributed by atoms with E-state index in [1.54, 1.807) is 36.4 Å². The van der Waals surface area contributed by atoms with Crippen LogP contribution in [-0.4, -0.2) is 17.0 Å². The molecule has 0 atom stereocenters. The second kappa shape index (κ2) is 9.42. The summed E-state index contributed by atoms with van der Waals surface area (Å²) in [6.45, 7) is 1.83. The third kappa shape index (κ3) is 5.26. The number of nitro groups is 1. The number of ether oxygens (including phenoxy) is 1. The SMILES string of the molecule is Cc1c(C(=O)NN=Cc2ccc(OCc3ccc(F)cc3)cc2)cccc1[N+](=O)[O-]. The minimum absolute atomic E-state index is 0.122. The fraction of sp³-hybridized carbons (Fsp3) is 0.0909. The Bertz CT molecular complexity index is 1080. The third-order valence-electron chi connectivity index (χ3n) is 4.33. The number of amides is 1. The molecule has 0 heterocycles. The van der Waals surface area contributed by atoms with Crippen LogP contribution in [0.15, 0.2) is 71.8 Å². The van der Waals surface area contributed by atoms with Crippen LogP contribution in [0, 0.1) is 22.9 Å². The van der Waals surface area contributed by atoms with Gasteiger partial charge in [0.25, 0.3) is 11.6 Å². The number of carbonyl (C=O) groups excluding carboxylic acids is 1. The van der Waals surface area contributed by atoms with Gasteiger partial charge < -0.3 is 4.74 Å². The zero-order valence-electron chi connectivity index (χ0n) is 16.0. The number of benzene rings is 3. The molecule has 0 fully saturated rings. The topological polar surface area (TPSA) is 93.8 Å². The molecule has 8 heteroatoms. The summed E-state index contributed by atoms with van der Waals surface area (Å²) in [4.78, 5) is 22.7. The molecule has 1 N–H and O–H groups in total. The predicted octanol–water partition coefficient (Wildman–Crippen LogP) is 4.39. The average molecular weight is 407 g/mol. The molecule has 0 unspecified atom stereocenters. The average Bonchev–Trinajstić information content (AvgIpc) is 2.74. The monoisotopic (exact) mass is 407 g/mol. The van der Waals surface area contributed by atoms with Gasteiger partial charge in [-0.15, -0.1) is 0 Å². The van der Waals surface area contributed by atoms with Crippen LogP contribution in [0.3, 0.4) is 0 Å². The van der Waals surface area contributed by atoms with E-state index in [2.05, 4.69) is 10.5 Å². The Kier molecular flexibility index (Phi) is 6.49. The maximum atomic E-state index is 12.9. The van der Waals surface area contributed by atoms with Gasteiger partial charge in [0.05, 0.1) is 16.7 Å². The highest BCUT2D eigenvalue weighted by Crippen LogP contribution is 2.21. The zero-order valence-corrected chi connectivity index (χ0v) is 16.0. The number of nitrogens with one attached hydrogen (secondary N) is 1. The minimum atomic E-state index is -0.535. The van der Waals surface area contributed by atoms with Gasteiger partial charge in [0, 0.05) is 11.6 Å². The number of nitrogens with zero attached hydrogens (tertiary/aromatic N) is 2. The van der Waals surface area contributed by atoms with Gasteiger partial charge in [0.2, 0.25) is 0 Å². The van der Waals surface area contributed by atoms with Gasteiger partial charge in [-0.05, 0) is 60.5 Å². The Labute approximate surface area is 172 Å². The third-order valence-corrected chi connectivity index (χ3v) is 4.33. The molecule has 7 nitrogen and oxygen atoms in total. The number of hydrazone groups is 1. The van der Waals surface area contributed by atoms with Crippen molar-refractivity contribution in [2.45, 2.75) is 13.5 Å². The van der Waals surface area contributed by atoms with Crippen LogP contribution in [0.2, 0.25) is 0 Å². The van der Waals surface area contributed by atoms with Crippen LogP contribution in [0.4, 0.5) is 10.1 Å². The maximum absolute atomic E-state index is 12.9. The van der Waals surface area contributed by atoms with Gasteiger partial charge in [0.1, 0.15) is 18.2 Å². The zero-order chi connectivity index (χ0) is 21.5. The smallest absolute Gasteiger partial charge is 0.273 e. The number of nitro benzene ring substituents is 1. The predicted molar refractivity (Wildman–Crippen MR) is 110 cm³/mol. The fourth-order valence-electron chi connectivity index (χ4n) is 2.69. The molecule has 0 radical (unpaired) electrons. The lowest BCUT2D eigenvalue weighted by molar-refractivity contribution is -0.385. The van der Waals surface area contributed by atoms with Crippen molar-refractivity contribution in [3.05, 3.63) is 105 Å². The Hall–Kier alpha value is -4.07. The Morgan fingerprint density at radius 2 is 1.83 bits per heavy atom. The Morgan fingerprint density at radius 3 is 2.50 bits per heavy atom.